The Kier molecular flexibility index (Phi) is 4.83. The predicted molar refractivity (Wildman–Crippen MR) is 124 cm³/mol. The quantitative estimate of drug-likeness (QED) is 0.404. The molecule has 0 bridgehead atoms. The summed E-state index contributed by atoms with van der Waals surface area (Å²) in [5, 5.41) is 5.47. The first-order valence-electron chi connectivity index (χ1n) is 10.0. The lowest BCUT2D eigenvalue weighted by atomic mass is 10.1. The molecule has 3 heterocycles. The Morgan fingerprint density at radius 3 is 2.81 bits per heavy atom. The van der Waals surface area contributed by atoms with Crippen molar-refractivity contribution in [1.29, 1.82) is 0 Å². The highest BCUT2D eigenvalue weighted by Crippen LogP contribution is 2.31. The van der Waals surface area contributed by atoms with Crippen LogP contribution in [0.25, 0.3) is 33.3 Å². The molecule has 0 fully saturated rings. The van der Waals surface area contributed by atoms with Gasteiger partial charge >= 0.3 is 0 Å². The van der Waals surface area contributed by atoms with Gasteiger partial charge in [0.1, 0.15) is 17.8 Å². The van der Waals surface area contributed by atoms with Crippen molar-refractivity contribution in [3.05, 3.63) is 73.8 Å². The van der Waals surface area contributed by atoms with Gasteiger partial charge in [0.05, 0.1) is 29.3 Å². The number of amides is 1. The first kappa shape index (κ1) is 19.4. The van der Waals surface area contributed by atoms with Gasteiger partial charge in [-0.25, -0.2) is 19.6 Å². The van der Waals surface area contributed by atoms with E-state index in [1.807, 2.05) is 48.5 Å². The topological polar surface area (TPSA) is 119 Å². The highest BCUT2D eigenvalue weighted by atomic mass is 16.2. The molecule has 0 saturated heterocycles. The Hall–Kier alpha value is -4.53. The maximum Gasteiger partial charge on any atom is 0.250 e. The van der Waals surface area contributed by atoms with E-state index in [0.29, 0.717) is 35.6 Å². The lowest BCUT2D eigenvalue weighted by Crippen LogP contribution is -2.32. The van der Waals surface area contributed by atoms with Crippen LogP contribution in [0, 0.1) is 0 Å². The molecule has 0 radical (unpaired) electrons. The van der Waals surface area contributed by atoms with Gasteiger partial charge in [-0.1, -0.05) is 30.8 Å². The third-order valence-corrected chi connectivity index (χ3v) is 5.30. The summed E-state index contributed by atoms with van der Waals surface area (Å²) < 4.78 is 1.76. The van der Waals surface area contributed by atoms with Gasteiger partial charge in [0.15, 0.2) is 5.65 Å². The number of carbonyl (C=O) groups excluding carboxylic acids is 1. The number of aromatic amines is 1. The number of benzene rings is 2. The Balaban J connectivity index is 1.55. The fraction of sp³-hybridized carbons (Fsp3) is 0.0870. The number of carbonyl (C=O) groups is 1. The monoisotopic (exact) mass is 424 g/mol. The molecule has 32 heavy (non-hydrogen) atoms. The van der Waals surface area contributed by atoms with Crippen LogP contribution < -0.4 is 10.6 Å². The first-order valence-corrected chi connectivity index (χ1v) is 10.0. The SMILES string of the molecule is C=CC(=O)N(CCn1nc(-c2ccc3nc[nH]c3c2)c2c(N)ncnc21)c1ccccc1. The molecule has 3 aromatic heterocycles. The van der Waals surface area contributed by atoms with Gasteiger partial charge in [-0.15, -0.1) is 0 Å². The molecule has 0 aliphatic heterocycles. The minimum absolute atomic E-state index is 0.188. The number of rotatable bonds is 6. The van der Waals surface area contributed by atoms with E-state index in [2.05, 4.69) is 26.5 Å². The zero-order valence-electron chi connectivity index (χ0n) is 17.1. The highest BCUT2D eigenvalue weighted by Gasteiger charge is 2.19. The van der Waals surface area contributed by atoms with Crippen LogP contribution in [0.1, 0.15) is 0 Å². The Bertz CT molecular complexity index is 1440. The summed E-state index contributed by atoms with van der Waals surface area (Å²) in [7, 11) is 0. The fourth-order valence-corrected chi connectivity index (χ4v) is 3.75. The van der Waals surface area contributed by atoms with Crippen molar-refractivity contribution in [1.82, 2.24) is 29.7 Å². The number of para-hydroxylation sites is 1. The van der Waals surface area contributed by atoms with Crippen LogP contribution >= 0.6 is 0 Å². The van der Waals surface area contributed by atoms with E-state index in [0.717, 1.165) is 22.3 Å². The molecule has 158 valence electrons. The van der Waals surface area contributed by atoms with Crippen molar-refractivity contribution in [2.75, 3.05) is 17.2 Å². The van der Waals surface area contributed by atoms with Crippen LogP contribution in [0.15, 0.2) is 73.8 Å². The van der Waals surface area contributed by atoms with E-state index in [9.17, 15) is 4.79 Å². The van der Waals surface area contributed by atoms with Gasteiger partial charge in [0.25, 0.3) is 0 Å². The van der Waals surface area contributed by atoms with E-state index >= 15 is 0 Å². The summed E-state index contributed by atoms with van der Waals surface area (Å²) >= 11 is 0. The van der Waals surface area contributed by atoms with Crippen molar-refractivity contribution >= 4 is 39.5 Å². The minimum atomic E-state index is -0.188. The van der Waals surface area contributed by atoms with Gasteiger partial charge in [-0.05, 0) is 30.3 Å². The maximum atomic E-state index is 12.5. The number of fused-ring (bicyclic) bond motifs is 2. The second-order valence-corrected chi connectivity index (χ2v) is 7.19. The number of hydrogen-bond donors (Lipinski definition) is 2. The molecule has 0 atom stereocenters. The molecule has 9 heteroatoms. The summed E-state index contributed by atoms with van der Waals surface area (Å²) in [5.41, 5.74) is 10.9. The molecular weight excluding hydrogens is 404 g/mol. The van der Waals surface area contributed by atoms with Crippen molar-refractivity contribution in [3.8, 4) is 11.3 Å². The van der Waals surface area contributed by atoms with Gasteiger partial charge in [0.2, 0.25) is 5.91 Å². The average Bonchev–Trinajstić information content (AvgIpc) is 3.44. The molecule has 3 N–H and O–H groups in total. The maximum absolute atomic E-state index is 12.5. The van der Waals surface area contributed by atoms with Crippen LogP contribution in [0.2, 0.25) is 0 Å². The van der Waals surface area contributed by atoms with Crippen LogP contribution in [0.4, 0.5) is 11.5 Å². The lowest BCUT2D eigenvalue weighted by Gasteiger charge is -2.21. The molecule has 0 unspecified atom stereocenters. The summed E-state index contributed by atoms with van der Waals surface area (Å²) in [4.78, 5) is 30.1. The Morgan fingerprint density at radius 1 is 1.16 bits per heavy atom. The van der Waals surface area contributed by atoms with Crippen LogP contribution in [-0.2, 0) is 11.3 Å². The van der Waals surface area contributed by atoms with Crippen molar-refractivity contribution in [2.45, 2.75) is 6.54 Å². The normalized spacial score (nSPS) is 11.1. The highest BCUT2D eigenvalue weighted by molar-refractivity contribution is 6.01. The van der Waals surface area contributed by atoms with Crippen molar-refractivity contribution < 1.29 is 4.79 Å². The summed E-state index contributed by atoms with van der Waals surface area (Å²) in [5.74, 6) is 0.162. The minimum Gasteiger partial charge on any atom is -0.383 e. The summed E-state index contributed by atoms with van der Waals surface area (Å²) in [6.45, 7) is 4.42. The number of nitrogens with zero attached hydrogens (tertiary/aromatic N) is 6. The third-order valence-electron chi connectivity index (χ3n) is 5.30. The Morgan fingerprint density at radius 2 is 2.00 bits per heavy atom. The largest absolute Gasteiger partial charge is 0.383 e. The van der Waals surface area contributed by atoms with E-state index < -0.39 is 0 Å². The molecular formula is C23H20N8O. The third kappa shape index (κ3) is 3.35. The first-order chi connectivity index (χ1) is 15.7. The molecule has 0 aliphatic rings. The van der Waals surface area contributed by atoms with E-state index in [-0.39, 0.29) is 5.91 Å². The number of nitrogens with two attached hydrogens (primary N) is 1. The second kappa shape index (κ2) is 7.95. The van der Waals surface area contributed by atoms with Crippen LogP contribution in [-0.4, -0.2) is 42.2 Å². The number of anilines is 2. The summed E-state index contributed by atoms with van der Waals surface area (Å²) in [6, 6.07) is 15.3. The van der Waals surface area contributed by atoms with E-state index in [1.54, 1.807) is 15.9 Å². The Labute approximate surface area is 183 Å². The number of nitrogen functional groups attached to an aromatic ring is 1. The van der Waals surface area contributed by atoms with Gasteiger partial charge < -0.3 is 15.6 Å². The van der Waals surface area contributed by atoms with Gasteiger partial charge in [-0.2, -0.15) is 5.10 Å². The molecule has 9 nitrogen and oxygen atoms in total. The van der Waals surface area contributed by atoms with Crippen LogP contribution in [0.5, 0.6) is 0 Å². The molecule has 1 amide bonds. The van der Waals surface area contributed by atoms with E-state index in [1.165, 1.54) is 12.4 Å². The number of H-pyrrole nitrogens is 1. The molecule has 5 rings (SSSR count). The second-order valence-electron chi connectivity index (χ2n) is 7.19. The van der Waals surface area contributed by atoms with Gasteiger partial charge in [0, 0.05) is 17.8 Å². The zero-order chi connectivity index (χ0) is 22.1. The lowest BCUT2D eigenvalue weighted by molar-refractivity contribution is -0.114. The summed E-state index contributed by atoms with van der Waals surface area (Å²) in [6.07, 6.45) is 4.37. The number of nitrogens with one attached hydrogen (secondary N) is 1. The van der Waals surface area contributed by atoms with Crippen molar-refractivity contribution in [3.63, 3.8) is 0 Å². The fourth-order valence-electron chi connectivity index (χ4n) is 3.75. The number of imidazole rings is 1. The molecule has 0 aliphatic carbocycles. The molecule has 0 saturated carbocycles. The number of aromatic nitrogens is 6. The standard InChI is InChI=1S/C23H20N8O/c1-2-19(32)30(16-6-4-3-5-7-16)10-11-31-23-20(22(24)27-14-28-23)21(29-31)15-8-9-17-18(12-15)26-13-25-17/h2-9,12-14H,1,10-11H2,(H,25,26)(H2,24,27,28). The number of hydrogen-bond acceptors (Lipinski definition) is 6. The molecule has 2 aromatic carbocycles. The molecule has 0 spiro atoms. The zero-order valence-corrected chi connectivity index (χ0v) is 17.1. The van der Waals surface area contributed by atoms with Crippen molar-refractivity contribution in [2.24, 2.45) is 0 Å². The van der Waals surface area contributed by atoms with E-state index in [4.69, 9.17) is 10.8 Å². The smallest absolute Gasteiger partial charge is 0.250 e. The van der Waals surface area contributed by atoms with Gasteiger partial charge in [-0.3, -0.25) is 4.79 Å². The predicted octanol–water partition coefficient (Wildman–Crippen LogP) is 3.17. The average molecular weight is 424 g/mol. The molecule has 5 aromatic rings. The van der Waals surface area contributed by atoms with Crippen LogP contribution in [0.3, 0.4) is 0 Å².